The molecule has 2 rings (SSSR count). The van der Waals surface area contributed by atoms with Gasteiger partial charge in [0.25, 0.3) is 5.91 Å². The molecule has 0 saturated heterocycles. The van der Waals surface area contributed by atoms with Crippen LogP contribution >= 0.6 is 0 Å². The van der Waals surface area contributed by atoms with Gasteiger partial charge in [-0.25, -0.2) is 4.79 Å². The Kier molecular flexibility index (Phi) is 7.01. The smallest absolute Gasteiger partial charge is 0.335 e. The lowest BCUT2D eigenvalue weighted by atomic mass is 10.1. The molecular weight excluding hydrogens is 318 g/mol. The molecule has 5 nitrogen and oxygen atoms in total. The van der Waals surface area contributed by atoms with Gasteiger partial charge in [0.1, 0.15) is 5.75 Å². The van der Waals surface area contributed by atoms with E-state index in [1.165, 1.54) is 0 Å². The number of carbonyl (C=O) groups excluding carboxylic acids is 1. The van der Waals surface area contributed by atoms with Gasteiger partial charge >= 0.3 is 5.97 Å². The van der Waals surface area contributed by atoms with Crippen LogP contribution in [0, 0.1) is 0 Å². The van der Waals surface area contributed by atoms with Crippen LogP contribution < -0.4 is 10.1 Å². The molecule has 0 atom stereocenters. The average molecular weight is 341 g/mol. The third-order valence-corrected chi connectivity index (χ3v) is 3.79. The van der Waals surface area contributed by atoms with Crippen LogP contribution in [0.2, 0.25) is 0 Å². The van der Waals surface area contributed by atoms with Crippen LogP contribution in [0.15, 0.2) is 48.5 Å². The quantitative estimate of drug-likeness (QED) is 0.684. The summed E-state index contributed by atoms with van der Waals surface area (Å²) in [4.78, 5) is 23.2. The lowest BCUT2D eigenvalue weighted by molar-refractivity contribution is 0.0696. The average Bonchev–Trinajstić information content (AvgIpc) is 2.62. The number of amides is 1. The Morgan fingerprint density at radius 1 is 1.08 bits per heavy atom. The number of benzene rings is 2. The first-order valence-electron chi connectivity index (χ1n) is 8.44. The summed E-state index contributed by atoms with van der Waals surface area (Å²) >= 11 is 0. The van der Waals surface area contributed by atoms with Gasteiger partial charge in [-0.05, 0) is 42.7 Å². The Morgan fingerprint density at radius 3 is 2.48 bits per heavy atom. The SMILES string of the molecule is CCCCOc1ccccc1C(=O)NCCc1ccc(C(=O)O)cc1. The maximum absolute atomic E-state index is 12.4. The van der Waals surface area contributed by atoms with E-state index in [2.05, 4.69) is 12.2 Å². The van der Waals surface area contributed by atoms with Gasteiger partial charge in [-0.15, -0.1) is 0 Å². The molecule has 132 valence electrons. The second kappa shape index (κ2) is 9.47. The highest BCUT2D eigenvalue weighted by Crippen LogP contribution is 2.18. The van der Waals surface area contributed by atoms with Gasteiger partial charge in [0, 0.05) is 6.54 Å². The van der Waals surface area contributed by atoms with E-state index in [0.29, 0.717) is 30.9 Å². The molecule has 0 aliphatic heterocycles. The monoisotopic (exact) mass is 341 g/mol. The minimum Gasteiger partial charge on any atom is -0.493 e. The summed E-state index contributed by atoms with van der Waals surface area (Å²) in [6, 6.07) is 13.9. The molecule has 2 aromatic rings. The number of unbranched alkanes of at least 4 members (excludes halogenated alkanes) is 1. The Bertz CT molecular complexity index is 710. The standard InChI is InChI=1S/C20H23NO4/c1-2-3-14-25-18-7-5-4-6-17(18)19(22)21-13-12-15-8-10-16(11-9-15)20(23)24/h4-11H,2-3,12-14H2,1H3,(H,21,22)(H,23,24). The number of carbonyl (C=O) groups is 2. The summed E-state index contributed by atoms with van der Waals surface area (Å²) < 4.78 is 5.68. The maximum atomic E-state index is 12.4. The zero-order valence-electron chi connectivity index (χ0n) is 14.3. The van der Waals surface area contributed by atoms with E-state index >= 15 is 0 Å². The number of hydrogen-bond acceptors (Lipinski definition) is 3. The zero-order valence-corrected chi connectivity index (χ0v) is 14.3. The van der Waals surface area contributed by atoms with Gasteiger partial charge in [0.2, 0.25) is 0 Å². The molecule has 0 spiro atoms. The van der Waals surface area contributed by atoms with E-state index in [1.807, 2.05) is 12.1 Å². The summed E-state index contributed by atoms with van der Waals surface area (Å²) in [5.74, 6) is -0.520. The normalized spacial score (nSPS) is 10.3. The largest absolute Gasteiger partial charge is 0.493 e. The fraction of sp³-hybridized carbons (Fsp3) is 0.300. The molecule has 0 heterocycles. The van der Waals surface area contributed by atoms with Gasteiger partial charge in [0.05, 0.1) is 17.7 Å². The molecule has 5 heteroatoms. The summed E-state index contributed by atoms with van der Waals surface area (Å²) in [6.07, 6.45) is 2.61. The molecular formula is C20H23NO4. The molecule has 0 aliphatic rings. The molecule has 0 aliphatic carbocycles. The third kappa shape index (κ3) is 5.64. The fourth-order valence-corrected chi connectivity index (χ4v) is 2.34. The van der Waals surface area contributed by atoms with Crippen molar-refractivity contribution in [2.24, 2.45) is 0 Å². The van der Waals surface area contributed by atoms with Crippen molar-refractivity contribution in [3.05, 3.63) is 65.2 Å². The second-order valence-electron chi connectivity index (χ2n) is 5.71. The number of hydrogen-bond donors (Lipinski definition) is 2. The second-order valence-corrected chi connectivity index (χ2v) is 5.71. The van der Waals surface area contributed by atoms with Crippen molar-refractivity contribution in [2.75, 3.05) is 13.2 Å². The Balaban J connectivity index is 1.88. The Hall–Kier alpha value is -2.82. The van der Waals surface area contributed by atoms with Crippen molar-refractivity contribution in [1.82, 2.24) is 5.32 Å². The Labute approximate surface area is 147 Å². The lowest BCUT2D eigenvalue weighted by Gasteiger charge is -2.11. The number of nitrogens with one attached hydrogen (secondary N) is 1. The molecule has 0 bridgehead atoms. The van der Waals surface area contributed by atoms with E-state index in [1.54, 1.807) is 36.4 Å². The summed E-state index contributed by atoms with van der Waals surface area (Å²) in [6.45, 7) is 3.15. The molecule has 2 N–H and O–H groups in total. The molecule has 0 fully saturated rings. The lowest BCUT2D eigenvalue weighted by Crippen LogP contribution is -2.26. The fourth-order valence-electron chi connectivity index (χ4n) is 2.34. The van der Waals surface area contributed by atoms with Gasteiger partial charge < -0.3 is 15.2 Å². The highest BCUT2D eigenvalue weighted by atomic mass is 16.5. The first kappa shape index (κ1) is 18.5. The first-order valence-corrected chi connectivity index (χ1v) is 8.44. The van der Waals surface area contributed by atoms with Crippen LogP contribution in [0.3, 0.4) is 0 Å². The molecule has 0 unspecified atom stereocenters. The number of aromatic carboxylic acids is 1. The molecule has 0 aromatic heterocycles. The van der Waals surface area contributed by atoms with Gasteiger partial charge in [-0.2, -0.15) is 0 Å². The van der Waals surface area contributed by atoms with Crippen molar-refractivity contribution >= 4 is 11.9 Å². The summed E-state index contributed by atoms with van der Waals surface area (Å²) in [7, 11) is 0. The first-order chi connectivity index (χ1) is 12.1. The maximum Gasteiger partial charge on any atom is 0.335 e. The zero-order chi connectivity index (χ0) is 18.1. The Morgan fingerprint density at radius 2 is 1.80 bits per heavy atom. The van der Waals surface area contributed by atoms with E-state index < -0.39 is 5.97 Å². The molecule has 2 aromatic carbocycles. The van der Waals surface area contributed by atoms with Gasteiger partial charge in [-0.1, -0.05) is 37.6 Å². The van der Waals surface area contributed by atoms with Crippen LogP contribution in [-0.2, 0) is 6.42 Å². The number of rotatable bonds is 9. The highest BCUT2D eigenvalue weighted by molar-refractivity contribution is 5.96. The molecule has 1 amide bonds. The van der Waals surface area contributed by atoms with Crippen molar-refractivity contribution in [3.63, 3.8) is 0 Å². The van der Waals surface area contributed by atoms with Gasteiger partial charge in [-0.3, -0.25) is 4.79 Å². The minimum absolute atomic E-state index is 0.172. The molecule has 0 radical (unpaired) electrons. The number of carboxylic acids is 1. The van der Waals surface area contributed by atoms with Crippen LogP contribution in [0.25, 0.3) is 0 Å². The van der Waals surface area contributed by atoms with Crippen LogP contribution in [0.1, 0.15) is 46.0 Å². The summed E-state index contributed by atoms with van der Waals surface area (Å²) in [5.41, 5.74) is 1.75. The van der Waals surface area contributed by atoms with Crippen LogP contribution in [0.4, 0.5) is 0 Å². The molecule has 0 saturated carbocycles. The van der Waals surface area contributed by atoms with Crippen LogP contribution in [0.5, 0.6) is 5.75 Å². The third-order valence-electron chi connectivity index (χ3n) is 3.79. The van der Waals surface area contributed by atoms with Crippen molar-refractivity contribution in [2.45, 2.75) is 26.2 Å². The van der Waals surface area contributed by atoms with Crippen molar-refractivity contribution < 1.29 is 19.4 Å². The van der Waals surface area contributed by atoms with E-state index in [9.17, 15) is 9.59 Å². The van der Waals surface area contributed by atoms with Crippen molar-refractivity contribution in [3.8, 4) is 5.75 Å². The van der Waals surface area contributed by atoms with E-state index in [0.717, 1.165) is 18.4 Å². The van der Waals surface area contributed by atoms with E-state index in [-0.39, 0.29) is 11.5 Å². The topological polar surface area (TPSA) is 75.6 Å². The molecule has 25 heavy (non-hydrogen) atoms. The van der Waals surface area contributed by atoms with Crippen molar-refractivity contribution in [1.29, 1.82) is 0 Å². The van der Waals surface area contributed by atoms with Gasteiger partial charge in [0.15, 0.2) is 0 Å². The number of ether oxygens (including phenoxy) is 1. The predicted octanol–water partition coefficient (Wildman–Crippen LogP) is 3.54. The number of carboxylic acid groups (broad SMARTS) is 1. The van der Waals surface area contributed by atoms with E-state index in [4.69, 9.17) is 9.84 Å². The summed E-state index contributed by atoms with van der Waals surface area (Å²) in [5, 5.41) is 11.8. The van der Waals surface area contributed by atoms with Crippen LogP contribution in [-0.4, -0.2) is 30.1 Å². The highest BCUT2D eigenvalue weighted by Gasteiger charge is 2.11. The predicted molar refractivity (Wildman–Crippen MR) is 96.3 cm³/mol. The minimum atomic E-state index is -0.945. The number of para-hydroxylation sites is 1.